The molecule has 19 heavy (non-hydrogen) atoms. The molecule has 0 heterocycles. The molecule has 1 aromatic carbocycles. The van der Waals surface area contributed by atoms with Gasteiger partial charge in [-0.3, -0.25) is 0 Å². The highest BCUT2D eigenvalue weighted by atomic mass is 16.5. The molecule has 0 saturated heterocycles. The maximum atomic E-state index is 8.82. The van der Waals surface area contributed by atoms with Crippen LogP contribution in [0.3, 0.4) is 0 Å². The van der Waals surface area contributed by atoms with Gasteiger partial charge in [-0.25, -0.2) is 0 Å². The lowest BCUT2D eigenvalue weighted by Gasteiger charge is -2.17. The fraction of sp³-hybridized carbons (Fsp3) is 0.333. The van der Waals surface area contributed by atoms with Crippen LogP contribution in [0.1, 0.15) is 25.8 Å². The monoisotopic (exact) mass is 256 g/mol. The fourth-order valence-corrected chi connectivity index (χ4v) is 1.46. The highest BCUT2D eigenvalue weighted by molar-refractivity contribution is 5.69. The van der Waals surface area contributed by atoms with Gasteiger partial charge >= 0.3 is 0 Å². The van der Waals surface area contributed by atoms with E-state index < -0.39 is 0 Å². The summed E-state index contributed by atoms with van der Waals surface area (Å²) in [4.78, 5) is 0. The summed E-state index contributed by atoms with van der Waals surface area (Å²) in [6.45, 7) is 3.97. The molecule has 0 aliphatic carbocycles. The van der Waals surface area contributed by atoms with E-state index in [4.69, 9.17) is 20.0 Å². The quantitative estimate of drug-likeness (QED) is 0.758. The van der Waals surface area contributed by atoms with E-state index in [1.807, 2.05) is 26.0 Å². The van der Waals surface area contributed by atoms with E-state index in [0.29, 0.717) is 17.1 Å². The van der Waals surface area contributed by atoms with E-state index in [-0.39, 0.29) is 11.7 Å². The van der Waals surface area contributed by atoms with Gasteiger partial charge < -0.3 is 9.47 Å². The molecule has 0 aliphatic heterocycles. The number of ether oxygens (including phenoxy) is 2. The normalized spacial score (nSPS) is 10.8. The molecular formula is C15H16N2O2. The Kier molecular flexibility index (Phi) is 5.44. The molecule has 0 bridgehead atoms. The Labute approximate surface area is 113 Å². The summed E-state index contributed by atoms with van der Waals surface area (Å²) in [6, 6.07) is 9.04. The largest absolute Gasteiger partial charge is 0.493 e. The summed E-state index contributed by atoms with van der Waals surface area (Å²) in [5, 5.41) is 17.6. The number of nitriles is 2. The summed E-state index contributed by atoms with van der Waals surface area (Å²) in [5.41, 5.74) is 0.694. The minimum Gasteiger partial charge on any atom is -0.493 e. The van der Waals surface area contributed by atoms with Crippen molar-refractivity contribution in [2.24, 2.45) is 0 Å². The number of para-hydroxylation sites is 1. The first-order valence-electron chi connectivity index (χ1n) is 6.01. The number of rotatable bonds is 5. The highest BCUT2D eigenvalue weighted by Crippen LogP contribution is 2.33. The van der Waals surface area contributed by atoms with Crippen LogP contribution in [0.15, 0.2) is 23.8 Å². The maximum absolute atomic E-state index is 8.82. The zero-order valence-corrected chi connectivity index (χ0v) is 11.3. The Morgan fingerprint density at radius 2 is 2.05 bits per heavy atom. The minimum absolute atomic E-state index is 0.0241. The lowest BCUT2D eigenvalue weighted by Crippen LogP contribution is -2.11. The van der Waals surface area contributed by atoms with Crippen molar-refractivity contribution in [2.75, 3.05) is 7.11 Å². The first kappa shape index (κ1) is 14.6. The van der Waals surface area contributed by atoms with Gasteiger partial charge in [0.1, 0.15) is 17.7 Å². The van der Waals surface area contributed by atoms with Crippen LogP contribution < -0.4 is 9.47 Å². The number of benzene rings is 1. The lowest BCUT2D eigenvalue weighted by atomic mass is 10.1. The first-order chi connectivity index (χ1) is 9.15. The summed E-state index contributed by atoms with van der Waals surface area (Å²) in [5.74, 6) is 1.15. The lowest BCUT2D eigenvalue weighted by molar-refractivity contribution is 0.207. The molecule has 0 saturated carbocycles. The zero-order valence-electron chi connectivity index (χ0n) is 11.3. The average molecular weight is 256 g/mol. The van der Waals surface area contributed by atoms with E-state index >= 15 is 0 Å². The molecule has 4 heteroatoms. The third-order valence-corrected chi connectivity index (χ3v) is 2.66. The van der Waals surface area contributed by atoms with Gasteiger partial charge in [0, 0.05) is 5.56 Å². The molecule has 0 fully saturated rings. The second kappa shape index (κ2) is 7.08. The van der Waals surface area contributed by atoms with E-state index in [0.717, 1.165) is 6.42 Å². The van der Waals surface area contributed by atoms with E-state index in [2.05, 4.69) is 0 Å². The number of methoxy groups -OCH3 is 1. The molecule has 0 aliphatic rings. The standard InChI is InChI=1S/C15H16N2O2/c1-4-11(2)19-15-13(8-12(9-16)10-17)6-5-7-14(15)18-3/h5-8,11H,4H2,1-3H3. The summed E-state index contributed by atoms with van der Waals surface area (Å²) < 4.78 is 11.1. The fourth-order valence-electron chi connectivity index (χ4n) is 1.46. The molecule has 1 unspecified atom stereocenters. The molecular weight excluding hydrogens is 240 g/mol. The Balaban J connectivity index is 3.28. The van der Waals surface area contributed by atoms with E-state index in [9.17, 15) is 0 Å². The number of nitrogens with zero attached hydrogens (tertiary/aromatic N) is 2. The van der Waals surface area contributed by atoms with Gasteiger partial charge in [-0.05, 0) is 25.5 Å². The molecule has 1 atom stereocenters. The molecule has 98 valence electrons. The van der Waals surface area contributed by atoms with Gasteiger partial charge in [0.2, 0.25) is 0 Å². The van der Waals surface area contributed by atoms with Gasteiger partial charge in [-0.15, -0.1) is 0 Å². The Morgan fingerprint density at radius 3 is 2.58 bits per heavy atom. The average Bonchev–Trinajstić information content (AvgIpc) is 2.45. The summed E-state index contributed by atoms with van der Waals surface area (Å²) in [7, 11) is 1.56. The van der Waals surface area contributed by atoms with Crippen LogP contribution in [0, 0.1) is 22.7 Å². The molecule has 0 spiro atoms. The van der Waals surface area contributed by atoms with Crippen LogP contribution in [0.4, 0.5) is 0 Å². The van der Waals surface area contributed by atoms with Crippen LogP contribution in [0.2, 0.25) is 0 Å². The van der Waals surface area contributed by atoms with Crippen LogP contribution in [0.25, 0.3) is 6.08 Å². The third-order valence-electron chi connectivity index (χ3n) is 2.66. The number of allylic oxidation sites excluding steroid dienone is 1. The van der Waals surface area contributed by atoms with Crippen molar-refractivity contribution >= 4 is 6.08 Å². The van der Waals surface area contributed by atoms with Crippen molar-refractivity contribution in [3.8, 4) is 23.6 Å². The van der Waals surface area contributed by atoms with Crippen molar-refractivity contribution in [2.45, 2.75) is 26.4 Å². The second-order valence-corrected chi connectivity index (χ2v) is 4.00. The number of hydrogen-bond acceptors (Lipinski definition) is 4. The second-order valence-electron chi connectivity index (χ2n) is 4.00. The van der Waals surface area contributed by atoms with Crippen LogP contribution >= 0.6 is 0 Å². The van der Waals surface area contributed by atoms with Crippen molar-refractivity contribution in [3.05, 3.63) is 29.3 Å². The minimum atomic E-state index is 0.0241. The van der Waals surface area contributed by atoms with Crippen LogP contribution in [-0.2, 0) is 0 Å². The molecule has 1 rings (SSSR count). The van der Waals surface area contributed by atoms with E-state index in [1.165, 1.54) is 6.08 Å². The molecule has 4 nitrogen and oxygen atoms in total. The van der Waals surface area contributed by atoms with Gasteiger partial charge in [0.15, 0.2) is 11.5 Å². The smallest absolute Gasteiger partial charge is 0.168 e. The van der Waals surface area contributed by atoms with Crippen LogP contribution in [0.5, 0.6) is 11.5 Å². The van der Waals surface area contributed by atoms with Gasteiger partial charge in [-0.1, -0.05) is 19.1 Å². The van der Waals surface area contributed by atoms with E-state index in [1.54, 1.807) is 25.3 Å². The summed E-state index contributed by atoms with van der Waals surface area (Å²) >= 11 is 0. The van der Waals surface area contributed by atoms with Crippen molar-refractivity contribution in [3.63, 3.8) is 0 Å². The predicted molar refractivity (Wildman–Crippen MR) is 72.6 cm³/mol. The van der Waals surface area contributed by atoms with Gasteiger partial charge in [0.25, 0.3) is 0 Å². The Morgan fingerprint density at radius 1 is 1.37 bits per heavy atom. The number of hydrogen-bond donors (Lipinski definition) is 0. The van der Waals surface area contributed by atoms with Crippen molar-refractivity contribution in [1.29, 1.82) is 10.5 Å². The molecule has 0 aromatic heterocycles. The topological polar surface area (TPSA) is 66.0 Å². The molecule has 0 N–H and O–H groups in total. The predicted octanol–water partition coefficient (Wildman–Crippen LogP) is 3.30. The highest BCUT2D eigenvalue weighted by Gasteiger charge is 2.12. The van der Waals surface area contributed by atoms with Gasteiger partial charge in [-0.2, -0.15) is 10.5 Å². The van der Waals surface area contributed by atoms with Gasteiger partial charge in [0.05, 0.1) is 13.2 Å². The summed E-state index contributed by atoms with van der Waals surface area (Å²) in [6.07, 6.45) is 2.38. The maximum Gasteiger partial charge on any atom is 0.168 e. The molecule has 0 radical (unpaired) electrons. The first-order valence-corrected chi connectivity index (χ1v) is 6.01. The molecule has 0 amide bonds. The Bertz CT molecular complexity index is 534. The van der Waals surface area contributed by atoms with Crippen molar-refractivity contribution in [1.82, 2.24) is 0 Å². The van der Waals surface area contributed by atoms with Crippen molar-refractivity contribution < 1.29 is 9.47 Å². The van der Waals surface area contributed by atoms with Crippen LogP contribution in [-0.4, -0.2) is 13.2 Å². The SMILES string of the molecule is CCC(C)Oc1c(C=C(C#N)C#N)cccc1OC. The Hall–Kier alpha value is -2.46. The zero-order chi connectivity index (χ0) is 14.3. The molecule has 1 aromatic rings. The third kappa shape index (κ3) is 3.76.